The van der Waals surface area contributed by atoms with Gasteiger partial charge in [0.05, 0.1) is 5.25 Å². The molecule has 1 fully saturated rings. The number of thioether (sulfide) groups is 1. The summed E-state index contributed by atoms with van der Waals surface area (Å²) in [6, 6.07) is 7.72. The van der Waals surface area contributed by atoms with E-state index in [0.29, 0.717) is 11.8 Å². The van der Waals surface area contributed by atoms with E-state index in [2.05, 4.69) is 11.9 Å². The maximum atomic E-state index is 12.7. The summed E-state index contributed by atoms with van der Waals surface area (Å²) in [5.41, 5.74) is 1.62. The number of carbonyl (C=O) groups excluding carboxylic acids is 1. The van der Waals surface area contributed by atoms with E-state index < -0.39 is 0 Å². The first-order chi connectivity index (χ1) is 15.8. The fraction of sp³-hybridized carbons (Fsp3) is 0.704. The van der Waals surface area contributed by atoms with E-state index in [-0.39, 0.29) is 17.1 Å². The SMILES string of the molecule is CCCCCCCCCCCCCCCOC1CCC(Sc2nc3ccccc3o2)C1=O. The van der Waals surface area contributed by atoms with Crippen LogP contribution in [0.15, 0.2) is 33.9 Å². The fourth-order valence-electron chi connectivity index (χ4n) is 4.45. The number of benzene rings is 1. The molecule has 2 aromatic rings. The number of aromatic nitrogens is 1. The molecule has 0 spiro atoms. The van der Waals surface area contributed by atoms with Crippen LogP contribution >= 0.6 is 11.8 Å². The van der Waals surface area contributed by atoms with Crippen LogP contribution < -0.4 is 0 Å². The van der Waals surface area contributed by atoms with Crippen molar-refractivity contribution in [3.8, 4) is 0 Å². The number of nitrogens with zero attached hydrogens (tertiary/aromatic N) is 1. The number of hydrogen-bond donors (Lipinski definition) is 0. The second-order valence-corrected chi connectivity index (χ2v) is 10.3. The zero-order valence-corrected chi connectivity index (χ0v) is 20.7. The zero-order chi connectivity index (χ0) is 22.4. The van der Waals surface area contributed by atoms with Crippen LogP contribution in [0.2, 0.25) is 0 Å². The molecule has 0 amide bonds. The molecule has 1 aromatic heterocycles. The maximum Gasteiger partial charge on any atom is 0.257 e. The van der Waals surface area contributed by atoms with Crippen LogP contribution in [0, 0.1) is 0 Å². The molecular weight excluding hydrogens is 418 g/mol. The molecule has 32 heavy (non-hydrogen) atoms. The lowest BCUT2D eigenvalue weighted by Gasteiger charge is -2.11. The molecule has 4 nitrogen and oxygen atoms in total. The Kier molecular flexibility index (Phi) is 11.7. The summed E-state index contributed by atoms with van der Waals surface area (Å²) in [6.45, 7) is 2.98. The molecule has 1 aromatic carbocycles. The average Bonchev–Trinajstić information content (AvgIpc) is 3.37. The molecule has 1 saturated carbocycles. The predicted octanol–water partition coefficient (Wildman–Crippen LogP) is 8.13. The van der Waals surface area contributed by atoms with Gasteiger partial charge in [-0.1, -0.05) is 108 Å². The highest BCUT2D eigenvalue weighted by atomic mass is 32.2. The van der Waals surface area contributed by atoms with Crippen molar-refractivity contribution in [3.05, 3.63) is 24.3 Å². The lowest BCUT2D eigenvalue weighted by atomic mass is 10.0. The van der Waals surface area contributed by atoms with Gasteiger partial charge < -0.3 is 9.15 Å². The number of ether oxygens (including phenoxy) is 1. The quantitative estimate of drug-likeness (QED) is 0.223. The topological polar surface area (TPSA) is 52.3 Å². The molecule has 0 saturated heterocycles. The number of rotatable bonds is 17. The van der Waals surface area contributed by atoms with Crippen molar-refractivity contribution < 1.29 is 13.9 Å². The van der Waals surface area contributed by atoms with E-state index in [1.54, 1.807) is 0 Å². The molecule has 1 heterocycles. The zero-order valence-electron chi connectivity index (χ0n) is 19.9. The van der Waals surface area contributed by atoms with Crippen LogP contribution in [0.3, 0.4) is 0 Å². The van der Waals surface area contributed by atoms with E-state index in [1.165, 1.54) is 88.8 Å². The lowest BCUT2D eigenvalue weighted by molar-refractivity contribution is -0.127. The number of oxazole rings is 1. The average molecular weight is 460 g/mol. The Morgan fingerprint density at radius 3 is 2.19 bits per heavy atom. The Labute approximate surface area is 198 Å². The minimum atomic E-state index is -0.241. The first kappa shape index (κ1) is 25.3. The molecule has 0 N–H and O–H groups in total. The summed E-state index contributed by atoms with van der Waals surface area (Å²) in [5, 5.41) is 0.487. The van der Waals surface area contributed by atoms with Crippen LogP contribution in [0.25, 0.3) is 11.1 Å². The third kappa shape index (κ3) is 8.55. The normalized spacial score (nSPS) is 18.7. The second kappa shape index (κ2) is 14.7. The second-order valence-electron chi connectivity index (χ2n) is 9.14. The summed E-state index contributed by atoms with van der Waals surface area (Å²) in [6.07, 6.45) is 18.9. The Bertz CT molecular complexity index is 757. The van der Waals surface area contributed by atoms with Crippen molar-refractivity contribution in [3.63, 3.8) is 0 Å². The fourth-order valence-corrected chi connectivity index (χ4v) is 5.50. The molecule has 1 aliphatic rings. The van der Waals surface area contributed by atoms with E-state index in [0.717, 1.165) is 30.4 Å². The third-order valence-electron chi connectivity index (χ3n) is 6.41. The largest absolute Gasteiger partial charge is 0.431 e. The molecule has 3 rings (SSSR count). The van der Waals surface area contributed by atoms with E-state index in [4.69, 9.17) is 9.15 Å². The predicted molar refractivity (Wildman–Crippen MR) is 133 cm³/mol. The summed E-state index contributed by atoms with van der Waals surface area (Å²) in [4.78, 5) is 17.2. The molecule has 1 aliphatic carbocycles. The Morgan fingerprint density at radius 1 is 0.906 bits per heavy atom. The number of ketones is 1. The molecule has 0 radical (unpaired) electrons. The Hall–Kier alpha value is -1.33. The van der Waals surface area contributed by atoms with Gasteiger partial charge in [-0.2, -0.15) is 0 Å². The number of unbranched alkanes of at least 4 members (excludes halogenated alkanes) is 12. The summed E-state index contributed by atoms with van der Waals surface area (Å²) < 4.78 is 11.7. The van der Waals surface area contributed by atoms with Gasteiger partial charge in [-0.05, 0) is 31.4 Å². The van der Waals surface area contributed by atoms with Gasteiger partial charge in [-0.15, -0.1) is 0 Å². The monoisotopic (exact) mass is 459 g/mol. The minimum absolute atomic E-state index is 0.0975. The van der Waals surface area contributed by atoms with Gasteiger partial charge in [0.25, 0.3) is 5.22 Å². The summed E-state index contributed by atoms with van der Waals surface area (Å²) >= 11 is 1.44. The molecule has 5 heteroatoms. The summed E-state index contributed by atoms with van der Waals surface area (Å²) in [5.74, 6) is 0.201. The highest BCUT2D eigenvalue weighted by Gasteiger charge is 2.36. The highest BCUT2D eigenvalue weighted by molar-refractivity contribution is 8.00. The van der Waals surface area contributed by atoms with Gasteiger partial charge in [0.15, 0.2) is 11.4 Å². The molecule has 0 aliphatic heterocycles. The first-order valence-corrected chi connectivity index (χ1v) is 13.8. The number of hydrogen-bond acceptors (Lipinski definition) is 5. The molecule has 0 bridgehead atoms. The maximum absolute atomic E-state index is 12.7. The molecule has 2 atom stereocenters. The van der Waals surface area contributed by atoms with Gasteiger partial charge in [-0.25, -0.2) is 4.98 Å². The lowest BCUT2D eigenvalue weighted by Crippen LogP contribution is -2.23. The van der Waals surface area contributed by atoms with Crippen LogP contribution in [0.5, 0.6) is 0 Å². The van der Waals surface area contributed by atoms with E-state index in [9.17, 15) is 4.79 Å². The minimum Gasteiger partial charge on any atom is -0.431 e. The molecule has 2 unspecified atom stereocenters. The van der Waals surface area contributed by atoms with E-state index in [1.807, 2.05) is 24.3 Å². The van der Waals surface area contributed by atoms with Crippen LogP contribution in [0.1, 0.15) is 103 Å². The van der Waals surface area contributed by atoms with E-state index >= 15 is 0 Å². The van der Waals surface area contributed by atoms with Gasteiger partial charge in [0, 0.05) is 6.61 Å². The van der Waals surface area contributed by atoms with Crippen molar-refractivity contribution in [1.82, 2.24) is 4.98 Å². The number of Topliss-reactive ketones (excluding diaryl/α,β-unsaturated/α-hetero) is 1. The summed E-state index contributed by atoms with van der Waals surface area (Å²) in [7, 11) is 0. The van der Waals surface area contributed by atoms with Gasteiger partial charge in [-0.3, -0.25) is 4.79 Å². The van der Waals surface area contributed by atoms with Crippen LogP contribution in [-0.2, 0) is 9.53 Å². The van der Waals surface area contributed by atoms with Gasteiger partial charge in [0.1, 0.15) is 11.6 Å². The van der Waals surface area contributed by atoms with Crippen LogP contribution in [0.4, 0.5) is 0 Å². The van der Waals surface area contributed by atoms with Crippen LogP contribution in [-0.4, -0.2) is 28.7 Å². The van der Waals surface area contributed by atoms with Crippen molar-refractivity contribution >= 4 is 28.6 Å². The number of carbonyl (C=O) groups is 1. The first-order valence-electron chi connectivity index (χ1n) is 13.0. The number of para-hydroxylation sites is 2. The highest BCUT2D eigenvalue weighted by Crippen LogP contribution is 2.34. The third-order valence-corrected chi connectivity index (χ3v) is 7.54. The molecular formula is C27H41NO3S. The smallest absolute Gasteiger partial charge is 0.257 e. The Morgan fingerprint density at radius 2 is 1.53 bits per heavy atom. The van der Waals surface area contributed by atoms with Crippen molar-refractivity contribution in [1.29, 1.82) is 0 Å². The van der Waals surface area contributed by atoms with Crippen molar-refractivity contribution in [2.75, 3.05) is 6.61 Å². The number of fused-ring (bicyclic) bond motifs is 1. The van der Waals surface area contributed by atoms with Crippen molar-refractivity contribution in [2.45, 2.75) is 120 Å². The Balaban J connectivity index is 1.17. The van der Waals surface area contributed by atoms with Gasteiger partial charge in [0.2, 0.25) is 0 Å². The van der Waals surface area contributed by atoms with Crippen molar-refractivity contribution in [2.24, 2.45) is 0 Å². The van der Waals surface area contributed by atoms with Gasteiger partial charge >= 0.3 is 0 Å². The molecule has 178 valence electrons. The standard InChI is InChI=1S/C27H41NO3S/c1-2-3-4-5-6-7-8-9-10-11-12-13-16-21-30-24-19-20-25(26(24)29)32-27-28-22-17-14-15-18-23(22)31-27/h14-15,17-18,24-25H,2-13,16,19-21H2,1H3.